The number of hydrogen-bond acceptors (Lipinski definition) is 4. The number of hydrogen-bond donors (Lipinski definition) is 3. The highest BCUT2D eigenvalue weighted by molar-refractivity contribution is 6.08. The second-order valence-corrected chi connectivity index (χ2v) is 7.75. The molecule has 34 heavy (non-hydrogen) atoms. The predicted octanol–water partition coefficient (Wildman–Crippen LogP) is 2.25. The third-order valence-corrected chi connectivity index (χ3v) is 5.61. The van der Waals surface area contributed by atoms with E-state index in [2.05, 4.69) is 15.8 Å². The molecule has 0 spiro atoms. The van der Waals surface area contributed by atoms with Gasteiger partial charge >= 0.3 is 5.69 Å². The number of carbonyl (C=O) groups excluding carboxylic acids is 2. The Bertz CT molecular complexity index is 1700. The van der Waals surface area contributed by atoms with Gasteiger partial charge in [-0.3, -0.25) is 25.2 Å². The number of H-pyrrole nitrogens is 1. The summed E-state index contributed by atoms with van der Waals surface area (Å²) in [5.74, 6) is -1.06. The lowest BCUT2D eigenvalue weighted by Crippen LogP contribution is -2.41. The summed E-state index contributed by atoms with van der Waals surface area (Å²) >= 11 is 0. The van der Waals surface area contributed by atoms with Gasteiger partial charge in [0, 0.05) is 29.7 Å². The lowest BCUT2D eigenvalue weighted by atomic mass is 10.1. The molecule has 3 N–H and O–H groups in total. The average molecular weight is 453 g/mol. The molecule has 0 unspecified atom stereocenters. The standard InChI is InChI=1S/C25H19N5O4/c1-29-14-19(17-9-5-6-10-21(17)29)23(32)28-27-22(31)15-11-12-18-20(13-15)26-25(34)30(24(18)33)16-7-3-2-4-8-16/h2-14H,1H3,(H,26,34)(H,27,31)(H,28,32). The maximum Gasteiger partial charge on any atom is 0.333 e. The number of benzene rings is 3. The van der Waals surface area contributed by atoms with Crippen molar-refractivity contribution in [2.24, 2.45) is 7.05 Å². The number of hydrazine groups is 1. The fraction of sp³-hybridized carbons (Fsp3) is 0.0400. The highest BCUT2D eigenvalue weighted by Crippen LogP contribution is 2.20. The Kier molecular flexibility index (Phi) is 5.06. The lowest BCUT2D eigenvalue weighted by Gasteiger charge is -2.09. The molecule has 5 rings (SSSR count). The van der Waals surface area contributed by atoms with Crippen LogP contribution in [-0.4, -0.2) is 25.9 Å². The molecule has 0 saturated carbocycles. The highest BCUT2D eigenvalue weighted by Gasteiger charge is 2.16. The number of amides is 2. The molecule has 0 saturated heterocycles. The zero-order chi connectivity index (χ0) is 23.8. The van der Waals surface area contributed by atoms with Crippen molar-refractivity contribution in [2.75, 3.05) is 0 Å². The predicted molar refractivity (Wildman–Crippen MR) is 128 cm³/mol. The molecule has 0 aliphatic carbocycles. The van der Waals surface area contributed by atoms with Gasteiger partial charge in [-0.25, -0.2) is 9.36 Å². The summed E-state index contributed by atoms with van der Waals surface area (Å²) in [4.78, 5) is 53.4. The molecule has 3 aromatic carbocycles. The van der Waals surface area contributed by atoms with Gasteiger partial charge in [-0.2, -0.15) is 0 Å². The molecular weight excluding hydrogens is 434 g/mol. The van der Waals surface area contributed by atoms with Crippen molar-refractivity contribution < 1.29 is 9.59 Å². The summed E-state index contributed by atoms with van der Waals surface area (Å²) < 4.78 is 2.86. The molecule has 2 heterocycles. The maximum atomic E-state index is 12.9. The summed E-state index contributed by atoms with van der Waals surface area (Å²) in [5, 5.41) is 1.01. The minimum atomic E-state index is -0.620. The first-order valence-electron chi connectivity index (χ1n) is 10.4. The van der Waals surface area contributed by atoms with E-state index in [0.717, 1.165) is 15.5 Å². The van der Waals surface area contributed by atoms with Gasteiger partial charge in [0.05, 0.1) is 22.2 Å². The van der Waals surface area contributed by atoms with Crippen molar-refractivity contribution in [1.29, 1.82) is 0 Å². The Morgan fingerprint density at radius 2 is 1.53 bits per heavy atom. The Labute approximate surface area is 192 Å². The van der Waals surface area contributed by atoms with E-state index < -0.39 is 23.1 Å². The van der Waals surface area contributed by atoms with Crippen molar-refractivity contribution in [3.63, 3.8) is 0 Å². The van der Waals surface area contributed by atoms with Gasteiger partial charge in [-0.15, -0.1) is 0 Å². The fourth-order valence-corrected chi connectivity index (χ4v) is 3.95. The normalized spacial score (nSPS) is 11.0. The molecule has 9 heteroatoms. The average Bonchev–Trinajstić information content (AvgIpc) is 3.19. The number of aryl methyl sites for hydroxylation is 1. The summed E-state index contributed by atoms with van der Waals surface area (Å²) in [5.41, 5.74) is 5.80. The van der Waals surface area contributed by atoms with Gasteiger partial charge in [-0.1, -0.05) is 36.4 Å². The van der Waals surface area contributed by atoms with E-state index in [-0.39, 0.29) is 16.5 Å². The van der Waals surface area contributed by atoms with E-state index in [4.69, 9.17) is 0 Å². The van der Waals surface area contributed by atoms with Crippen molar-refractivity contribution in [3.05, 3.63) is 111 Å². The van der Waals surface area contributed by atoms with Crippen molar-refractivity contribution in [2.45, 2.75) is 0 Å². The third-order valence-electron chi connectivity index (χ3n) is 5.61. The number of aromatic amines is 1. The molecule has 0 fully saturated rings. The number of fused-ring (bicyclic) bond motifs is 2. The van der Waals surface area contributed by atoms with Crippen LogP contribution in [0.25, 0.3) is 27.5 Å². The van der Waals surface area contributed by atoms with Crippen LogP contribution in [0.15, 0.2) is 88.6 Å². The number of nitrogens with zero attached hydrogens (tertiary/aromatic N) is 2. The third kappa shape index (κ3) is 3.55. The van der Waals surface area contributed by atoms with Crippen LogP contribution in [0.5, 0.6) is 0 Å². The molecule has 168 valence electrons. The van der Waals surface area contributed by atoms with Crippen LogP contribution in [0.4, 0.5) is 0 Å². The van der Waals surface area contributed by atoms with E-state index in [0.29, 0.717) is 11.3 Å². The quantitative estimate of drug-likeness (QED) is 0.363. The van der Waals surface area contributed by atoms with E-state index in [1.165, 1.54) is 18.2 Å². The largest absolute Gasteiger partial charge is 0.350 e. The highest BCUT2D eigenvalue weighted by atomic mass is 16.2. The number of para-hydroxylation sites is 2. The van der Waals surface area contributed by atoms with Crippen molar-refractivity contribution in [3.8, 4) is 5.69 Å². The summed E-state index contributed by atoms with van der Waals surface area (Å²) in [6.07, 6.45) is 1.69. The van der Waals surface area contributed by atoms with Crippen molar-refractivity contribution in [1.82, 2.24) is 25.0 Å². The van der Waals surface area contributed by atoms with E-state index in [1.54, 1.807) is 36.5 Å². The van der Waals surface area contributed by atoms with Gasteiger partial charge in [0.25, 0.3) is 17.4 Å². The Hall–Kier alpha value is -4.92. The zero-order valence-electron chi connectivity index (χ0n) is 18.0. The van der Waals surface area contributed by atoms with Crippen LogP contribution < -0.4 is 22.1 Å². The van der Waals surface area contributed by atoms with Crippen LogP contribution in [0, 0.1) is 0 Å². The molecule has 9 nitrogen and oxygen atoms in total. The number of carbonyl (C=O) groups is 2. The van der Waals surface area contributed by atoms with E-state index in [9.17, 15) is 19.2 Å². The van der Waals surface area contributed by atoms with Gasteiger partial charge in [0.1, 0.15) is 0 Å². The number of aromatic nitrogens is 3. The smallest absolute Gasteiger partial charge is 0.333 e. The second-order valence-electron chi connectivity index (χ2n) is 7.75. The molecule has 0 atom stereocenters. The molecule has 5 aromatic rings. The monoisotopic (exact) mass is 453 g/mol. The Balaban J connectivity index is 1.40. The van der Waals surface area contributed by atoms with Crippen molar-refractivity contribution >= 4 is 33.6 Å². The Morgan fingerprint density at radius 3 is 2.32 bits per heavy atom. The first kappa shape index (κ1) is 21.0. The fourth-order valence-electron chi connectivity index (χ4n) is 3.95. The van der Waals surface area contributed by atoms with Gasteiger partial charge in [-0.05, 0) is 36.4 Å². The van der Waals surface area contributed by atoms with E-state index in [1.807, 2.05) is 35.9 Å². The van der Waals surface area contributed by atoms with Gasteiger partial charge in [0.2, 0.25) is 0 Å². The minimum Gasteiger partial charge on any atom is -0.350 e. The van der Waals surface area contributed by atoms with Crippen LogP contribution in [0.1, 0.15) is 20.7 Å². The van der Waals surface area contributed by atoms with Crippen LogP contribution >= 0.6 is 0 Å². The summed E-state index contributed by atoms with van der Waals surface area (Å²) in [6.45, 7) is 0. The molecule has 2 amide bonds. The SMILES string of the molecule is Cn1cc(C(=O)NNC(=O)c2ccc3c(=O)n(-c4ccccc4)c(=O)[nH]c3c2)c2ccccc21. The van der Waals surface area contributed by atoms with Crippen LogP contribution in [-0.2, 0) is 7.05 Å². The molecule has 0 aliphatic rings. The maximum absolute atomic E-state index is 12.9. The summed E-state index contributed by atoms with van der Waals surface area (Å²) in [6, 6.07) is 20.3. The lowest BCUT2D eigenvalue weighted by molar-refractivity contribution is 0.0847. The zero-order valence-corrected chi connectivity index (χ0v) is 18.0. The summed E-state index contributed by atoms with van der Waals surface area (Å²) in [7, 11) is 1.83. The van der Waals surface area contributed by atoms with Gasteiger partial charge in [0.15, 0.2) is 0 Å². The number of rotatable bonds is 3. The Morgan fingerprint density at radius 1 is 0.824 bits per heavy atom. The minimum absolute atomic E-state index is 0.165. The molecular formula is C25H19N5O4. The molecule has 0 bridgehead atoms. The van der Waals surface area contributed by atoms with Crippen LogP contribution in [0.2, 0.25) is 0 Å². The van der Waals surface area contributed by atoms with Gasteiger partial charge < -0.3 is 9.55 Å². The second kappa shape index (κ2) is 8.21. The molecule has 0 radical (unpaired) electrons. The van der Waals surface area contributed by atoms with Crippen LogP contribution in [0.3, 0.4) is 0 Å². The first-order chi connectivity index (χ1) is 16.4. The first-order valence-corrected chi connectivity index (χ1v) is 10.4. The topological polar surface area (TPSA) is 118 Å². The van der Waals surface area contributed by atoms with E-state index >= 15 is 0 Å². The molecule has 2 aromatic heterocycles. The number of nitrogens with one attached hydrogen (secondary N) is 3. The molecule has 0 aliphatic heterocycles.